The zero-order valence-electron chi connectivity index (χ0n) is 14.3. The number of aryl methyl sites for hydroxylation is 3. The molecule has 0 bridgehead atoms. The maximum absolute atomic E-state index is 6.45. The number of hydrogen-bond donors (Lipinski definition) is 1. The Kier molecular flexibility index (Phi) is 4.13. The lowest BCUT2D eigenvalue weighted by Crippen LogP contribution is -2.10. The molecular weight excluding hydrogens is 258 g/mol. The third kappa shape index (κ3) is 2.69. The minimum absolute atomic E-state index is 0.315. The molecule has 2 N–H and O–H groups in total. The van der Waals surface area contributed by atoms with Gasteiger partial charge in [0.15, 0.2) is 0 Å². The van der Waals surface area contributed by atoms with Gasteiger partial charge in [0.25, 0.3) is 0 Å². The van der Waals surface area contributed by atoms with E-state index in [9.17, 15) is 0 Å². The highest BCUT2D eigenvalue weighted by Crippen LogP contribution is 2.35. The standard InChI is InChI=1S/C18H27N3/c1-10(2)18-20-16(17(19)21(18)11(3)4)15-13(6)8-12(5)9-14(15)7/h8-11H,19H2,1-7H3. The molecule has 0 saturated heterocycles. The molecule has 0 aliphatic carbocycles. The van der Waals surface area contributed by atoms with Crippen molar-refractivity contribution in [2.24, 2.45) is 0 Å². The van der Waals surface area contributed by atoms with E-state index in [1.54, 1.807) is 0 Å². The van der Waals surface area contributed by atoms with E-state index in [0.717, 1.165) is 17.3 Å². The van der Waals surface area contributed by atoms with Crippen molar-refractivity contribution in [3.05, 3.63) is 34.6 Å². The molecule has 3 nitrogen and oxygen atoms in total. The molecule has 0 spiro atoms. The summed E-state index contributed by atoms with van der Waals surface area (Å²) in [5.74, 6) is 2.20. The fraction of sp³-hybridized carbons (Fsp3) is 0.500. The van der Waals surface area contributed by atoms with Gasteiger partial charge in [0.1, 0.15) is 17.3 Å². The van der Waals surface area contributed by atoms with Crippen LogP contribution in [-0.2, 0) is 0 Å². The lowest BCUT2D eigenvalue weighted by molar-refractivity contribution is 0.556. The molecule has 1 aromatic carbocycles. The molecule has 1 aromatic heterocycles. The van der Waals surface area contributed by atoms with Gasteiger partial charge >= 0.3 is 0 Å². The smallest absolute Gasteiger partial charge is 0.132 e. The first kappa shape index (κ1) is 15.6. The summed E-state index contributed by atoms with van der Waals surface area (Å²) in [4.78, 5) is 4.89. The summed E-state index contributed by atoms with van der Waals surface area (Å²) >= 11 is 0. The van der Waals surface area contributed by atoms with Gasteiger partial charge in [-0.3, -0.25) is 0 Å². The summed E-state index contributed by atoms with van der Waals surface area (Å²) in [5, 5.41) is 0. The second-order valence-corrected chi connectivity index (χ2v) is 6.60. The monoisotopic (exact) mass is 285 g/mol. The Morgan fingerprint density at radius 3 is 1.90 bits per heavy atom. The normalized spacial score (nSPS) is 11.7. The molecule has 0 saturated carbocycles. The van der Waals surface area contributed by atoms with Crippen molar-refractivity contribution < 1.29 is 0 Å². The summed E-state index contributed by atoms with van der Waals surface area (Å²) in [7, 11) is 0. The lowest BCUT2D eigenvalue weighted by atomic mass is 9.97. The molecule has 114 valence electrons. The van der Waals surface area contributed by atoms with Crippen LogP contribution in [0.25, 0.3) is 11.3 Å². The highest BCUT2D eigenvalue weighted by Gasteiger charge is 2.22. The van der Waals surface area contributed by atoms with Gasteiger partial charge in [-0.1, -0.05) is 31.5 Å². The van der Waals surface area contributed by atoms with E-state index in [2.05, 4.69) is 65.2 Å². The Morgan fingerprint density at radius 1 is 1.00 bits per heavy atom. The predicted molar refractivity (Wildman–Crippen MR) is 90.8 cm³/mol. The van der Waals surface area contributed by atoms with Crippen molar-refractivity contribution in [2.75, 3.05) is 5.73 Å². The zero-order valence-corrected chi connectivity index (χ0v) is 14.3. The molecule has 3 heteroatoms. The van der Waals surface area contributed by atoms with Gasteiger partial charge in [0.2, 0.25) is 0 Å². The predicted octanol–water partition coefficient (Wildman–Crippen LogP) is 4.76. The van der Waals surface area contributed by atoms with Gasteiger partial charge in [0.05, 0.1) is 0 Å². The van der Waals surface area contributed by atoms with E-state index >= 15 is 0 Å². The molecule has 2 aromatic rings. The van der Waals surface area contributed by atoms with Crippen molar-refractivity contribution in [2.45, 2.75) is 60.4 Å². The van der Waals surface area contributed by atoms with E-state index in [-0.39, 0.29) is 0 Å². The van der Waals surface area contributed by atoms with Gasteiger partial charge in [-0.15, -0.1) is 0 Å². The molecular formula is C18H27N3. The second kappa shape index (κ2) is 5.55. The van der Waals surface area contributed by atoms with Crippen LogP contribution >= 0.6 is 0 Å². The molecule has 0 aliphatic heterocycles. The summed E-state index contributed by atoms with van der Waals surface area (Å²) in [5.41, 5.74) is 12.3. The van der Waals surface area contributed by atoms with Crippen LogP contribution < -0.4 is 5.73 Å². The molecule has 0 aliphatic rings. The van der Waals surface area contributed by atoms with Crippen molar-refractivity contribution in [1.82, 2.24) is 9.55 Å². The van der Waals surface area contributed by atoms with Gasteiger partial charge in [-0.05, 0) is 45.7 Å². The number of aromatic nitrogens is 2. The number of hydrogen-bond acceptors (Lipinski definition) is 2. The second-order valence-electron chi connectivity index (χ2n) is 6.60. The van der Waals surface area contributed by atoms with Crippen LogP contribution in [0.3, 0.4) is 0 Å². The van der Waals surface area contributed by atoms with E-state index in [4.69, 9.17) is 10.7 Å². The molecule has 2 rings (SSSR count). The number of anilines is 1. The van der Waals surface area contributed by atoms with E-state index in [1.807, 2.05) is 0 Å². The Labute approximate surface area is 128 Å². The van der Waals surface area contributed by atoms with Gasteiger partial charge < -0.3 is 10.3 Å². The van der Waals surface area contributed by atoms with Gasteiger partial charge in [-0.25, -0.2) is 4.98 Å². The molecule has 0 radical (unpaired) electrons. The Hall–Kier alpha value is -1.77. The van der Waals surface area contributed by atoms with Crippen LogP contribution in [0.1, 0.15) is 62.2 Å². The number of imidazole rings is 1. The van der Waals surface area contributed by atoms with Crippen LogP contribution in [0.5, 0.6) is 0 Å². The van der Waals surface area contributed by atoms with E-state index in [1.165, 1.54) is 22.3 Å². The lowest BCUT2D eigenvalue weighted by Gasteiger charge is -2.15. The largest absolute Gasteiger partial charge is 0.383 e. The van der Waals surface area contributed by atoms with Crippen molar-refractivity contribution in [1.29, 1.82) is 0 Å². The number of nitrogens with zero attached hydrogens (tertiary/aromatic N) is 2. The summed E-state index contributed by atoms with van der Waals surface area (Å²) < 4.78 is 2.17. The first-order valence-corrected chi connectivity index (χ1v) is 7.69. The fourth-order valence-corrected chi connectivity index (χ4v) is 3.15. The molecule has 0 amide bonds. The first-order chi connectivity index (χ1) is 9.73. The average molecular weight is 285 g/mol. The number of nitrogens with two attached hydrogens (primary N) is 1. The number of rotatable bonds is 3. The fourth-order valence-electron chi connectivity index (χ4n) is 3.15. The van der Waals surface area contributed by atoms with Crippen LogP contribution in [0.15, 0.2) is 12.1 Å². The highest BCUT2D eigenvalue weighted by atomic mass is 15.2. The third-order valence-corrected chi connectivity index (χ3v) is 3.92. The van der Waals surface area contributed by atoms with Crippen molar-refractivity contribution >= 4 is 5.82 Å². The first-order valence-electron chi connectivity index (χ1n) is 7.69. The molecule has 0 unspecified atom stereocenters. The average Bonchev–Trinajstić information content (AvgIpc) is 2.66. The number of nitrogen functional groups attached to an aromatic ring is 1. The quantitative estimate of drug-likeness (QED) is 0.883. The van der Waals surface area contributed by atoms with Crippen molar-refractivity contribution in [3.63, 3.8) is 0 Å². The van der Waals surface area contributed by atoms with E-state index < -0.39 is 0 Å². The van der Waals surface area contributed by atoms with Crippen LogP contribution in [0, 0.1) is 20.8 Å². The maximum Gasteiger partial charge on any atom is 0.132 e. The SMILES string of the molecule is Cc1cc(C)c(-c2nc(C(C)C)n(C(C)C)c2N)c(C)c1. The zero-order chi connectivity index (χ0) is 15.9. The minimum atomic E-state index is 0.315. The highest BCUT2D eigenvalue weighted by molar-refractivity contribution is 5.77. The molecule has 21 heavy (non-hydrogen) atoms. The van der Waals surface area contributed by atoms with Crippen LogP contribution in [0.2, 0.25) is 0 Å². The maximum atomic E-state index is 6.45. The van der Waals surface area contributed by atoms with Gasteiger partial charge in [-0.2, -0.15) is 0 Å². The third-order valence-electron chi connectivity index (χ3n) is 3.92. The van der Waals surface area contributed by atoms with E-state index in [0.29, 0.717) is 12.0 Å². The molecule has 1 heterocycles. The summed E-state index contributed by atoms with van der Waals surface area (Å²) in [6.07, 6.45) is 0. The minimum Gasteiger partial charge on any atom is -0.383 e. The number of benzene rings is 1. The topological polar surface area (TPSA) is 43.8 Å². The molecule has 0 atom stereocenters. The Morgan fingerprint density at radius 2 is 1.52 bits per heavy atom. The summed E-state index contributed by atoms with van der Waals surface area (Å²) in [6.45, 7) is 15.0. The molecule has 0 fully saturated rings. The van der Waals surface area contributed by atoms with Crippen molar-refractivity contribution in [3.8, 4) is 11.3 Å². The van der Waals surface area contributed by atoms with Gasteiger partial charge in [0, 0.05) is 17.5 Å². The van der Waals surface area contributed by atoms with Crippen LogP contribution in [0.4, 0.5) is 5.82 Å². The van der Waals surface area contributed by atoms with Crippen LogP contribution in [-0.4, -0.2) is 9.55 Å². The summed E-state index contributed by atoms with van der Waals surface area (Å²) in [6, 6.07) is 4.71. The Balaban J connectivity index is 2.74. The Bertz CT molecular complexity index is 640.